The van der Waals surface area contributed by atoms with E-state index in [-0.39, 0.29) is 12.5 Å². The predicted octanol–water partition coefficient (Wildman–Crippen LogP) is 0.755. The maximum Gasteiger partial charge on any atom is 0.252 e. The third-order valence-electron chi connectivity index (χ3n) is 2.20. The third kappa shape index (κ3) is 3.04. The summed E-state index contributed by atoms with van der Waals surface area (Å²) in [6, 6.07) is 7.56. The number of hydrogen-bond acceptors (Lipinski definition) is 3. The maximum atomic E-state index is 11.5. The summed E-state index contributed by atoms with van der Waals surface area (Å²) in [6.07, 6.45) is 0. The lowest BCUT2D eigenvalue weighted by molar-refractivity contribution is -0.121. The zero-order valence-corrected chi connectivity index (χ0v) is 9.06. The fourth-order valence-electron chi connectivity index (χ4n) is 1.22. The number of amides is 1. The van der Waals surface area contributed by atoms with E-state index in [4.69, 9.17) is 10.5 Å². The van der Waals surface area contributed by atoms with E-state index < -0.39 is 0 Å². The van der Waals surface area contributed by atoms with E-state index in [9.17, 15) is 4.79 Å². The summed E-state index contributed by atoms with van der Waals surface area (Å²) in [7, 11) is 3.22. The molecule has 4 nitrogen and oxygen atoms in total. The number of carbonyl (C=O) groups excluding carboxylic acids is 1. The molecule has 0 saturated heterocycles. The molecular weight excluding hydrogens is 192 g/mol. The van der Waals surface area contributed by atoms with Crippen molar-refractivity contribution in [1.82, 2.24) is 0 Å². The van der Waals surface area contributed by atoms with Gasteiger partial charge in [0, 0.05) is 26.4 Å². The van der Waals surface area contributed by atoms with E-state index in [0.717, 1.165) is 11.3 Å². The molecule has 0 fully saturated rings. The average molecular weight is 208 g/mol. The van der Waals surface area contributed by atoms with Gasteiger partial charge in [-0.05, 0) is 17.7 Å². The molecule has 82 valence electrons. The van der Waals surface area contributed by atoms with Gasteiger partial charge in [-0.25, -0.2) is 0 Å². The average Bonchev–Trinajstić information content (AvgIpc) is 2.28. The second kappa shape index (κ2) is 5.48. The Bertz CT molecular complexity index is 322. The molecule has 0 heterocycles. The van der Waals surface area contributed by atoms with Crippen LogP contribution in [0.4, 0.5) is 5.69 Å². The van der Waals surface area contributed by atoms with Crippen molar-refractivity contribution in [3.05, 3.63) is 29.8 Å². The Kier molecular flexibility index (Phi) is 4.27. The van der Waals surface area contributed by atoms with Crippen LogP contribution in [-0.4, -0.2) is 26.7 Å². The highest BCUT2D eigenvalue weighted by molar-refractivity contribution is 5.93. The first-order valence-corrected chi connectivity index (χ1v) is 4.73. The summed E-state index contributed by atoms with van der Waals surface area (Å²) in [5, 5.41) is 0. The summed E-state index contributed by atoms with van der Waals surface area (Å²) in [5.41, 5.74) is 7.37. The fourth-order valence-corrected chi connectivity index (χ4v) is 1.22. The summed E-state index contributed by atoms with van der Waals surface area (Å²) in [4.78, 5) is 13.0. The van der Waals surface area contributed by atoms with Crippen molar-refractivity contribution in [2.75, 3.05) is 25.7 Å². The van der Waals surface area contributed by atoms with Gasteiger partial charge >= 0.3 is 0 Å². The second-order valence-corrected chi connectivity index (χ2v) is 3.26. The molecule has 0 saturated carbocycles. The molecule has 2 N–H and O–H groups in total. The number of nitrogens with two attached hydrogens (primary N) is 1. The topological polar surface area (TPSA) is 55.6 Å². The van der Waals surface area contributed by atoms with E-state index in [2.05, 4.69) is 0 Å². The van der Waals surface area contributed by atoms with Gasteiger partial charge in [0.15, 0.2) is 0 Å². The minimum Gasteiger partial charge on any atom is -0.375 e. The molecule has 0 aliphatic heterocycles. The number of likely N-dealkylation sites (N-methyl/N-ethyl adjacent to an activating group) is 1. The maximum absolute atomic E-state index is 11.5. The molecule has 0 atom stereocenters. The van der Waals surface area contributed by atoms with Crippen molar-refractivity contribution in [2.45, 2.75) is 6.54 Å². The van der Waals surface area contributed by atoms with Crippen LogP contribution in [0, 0.1) is 0 Å². The summed E-state index contributed by atoms with van der Waals surface area (Å²) in [5.74, 6) is -0.0713. The van der Waals surface area contributed by atoms with Crippen molar-refractivity contribution >= 4 is 11.6 Å². The van der Waals surface area contributed by atoms with Gasteiger partial charge in [0.05, 0.1) is 0 Å². The van der Waals surface area contributed by atoms with Crippen molar-refractivity contribution in [3.63, 3.8) is 0 Å². The van der Waals surface area contributed by atoms with Gasteiger partial charge in [0.25, 0.3) is 5.91 Å². The molecule has 1 rings (SSSR count). The van der Waals surface area contributed by atoms with E-state index in [0.29, 0.717) is 6.54 Å². The van der Waals surface area contributed by atoms with Crippen LogP contribution in [0.25, 0.3) is 0 Å². The zero-order chi connectivity index (χ0) is 11.3. The van der Waals surface area contributed by atoms with Crippen LogP contribution in [0.2, 0.25) is 0 Å². The highest BCUT2D eigenvalue weighted by Crippen LogP contribution is 2.13. The smallest absolute Gasteiger partial charge is 0.252 e. The second-order valence-electron chi connectivity index (χ2n) is 3.26. The van der Waals surface area contributed by atoms with Crippen LogP contribution in [0.3, 0.4) is 0 Å². The first kappa shape index (κ1) is 11.7. The molecule has 0 aromatic heterocycles. The Morgan fingerprint density at radius 2 is 2.00 bits per heavy atom. The Labute approximate surface area is 89.6 Å². The lowest BCUT2D eigenvalue weighted by Crippen LogP contribution is -2.29. The Morgan fingerprint density at radius 1 is 1.40 bits per heavy atom. The zero-order valence-electron chi connectivity index (χ0n) is 9.06. The number of carbonyl (C=O) groups is 1. The van der Waals surface area contributed by atoms with E-state index >= 15 is 0 Å². The monoisotopic (exact) mass is 208 g/mol. The van der Waals surface area contributed by atoms with Gasteiger partial charge < -0.3 is 15.4 Å². The molecule has 1 amide bonds. The number of methoxy groups -OCH3 is 1. The standard InChI is InChI=1S/C11H16N2O2/c1-13(11(14)8-15-2)10-5-3-9(7-12)4-6-10/h3-6H,7-8,12H2,1-2H3. The predicted molar refractivity (Wildman–Crippen MR) is 59.6 cm³/mol. The first-order valence-electron chi connectivity index (χ1n) is 4.73. The van der Waals surface area contributed by atoms with E-state index in [1.54, 1.807) is 11.9 Å². The number of benzene rings is 1. The molecule has 0 spiro atoms. The minimum absolute atomic E-state index is 0.0713. The molecule has 1 aromatic rings. The third-order valence-corrected chi connectivity index (χ3v) is 2.20. The molecule has 15 heavy (non-hydrogen) atoms. The summed E-state index contributed by atoms with van der Waals surface area (Å²) in [6.45, 7) is 0.602. The number of nitrogens with zero attached hydrogens (tertiary/aromatic N) is 1. The van der Waals surface area contributed by atoms with Gasteiger partial charge in [-0.15, -0.1) is 0 Å². The lowest BCUT2D eigenvalue weighted by Gasteiger charge is -2.16. The molecule has 0 aliphatic carbocycles. The number of hydrogen-bond donors (Lipinski definition) is 1. The minimum atomic E-state index is -0.0713. The Hall–Kier alpha value is -1.39. The van der Waals surface area contributed by atoms with E-state index in [1.165, 1.54) is 7.11 Å². The van der Waals surface area contributed by atoms with Crippen LogP contribution in [0.15, 0.2) is 24.3 Å². The van der Waals surface area contributed by atoms with Crippen LogP contribution in [0.5, 0.6) is 0 Å². The normalized spacial score (nSPS) is 10.1. The van der Waals surface area contributed by atoms with Gasteiger partial charge in [-0.2, -0.15) is 0 Å². The van der Waals surface area contributed by atoms with Gasteiger partial charge in [-0.1, -0.05) is 12.1 Å². The Morgan fingerprint density at radius 3 is 2.47 bits per heavy atom. The molecule has 0 radical (unpaired) electrons. The molecule has 1 aromatic carbocycles. The highest BCUT2D eigenvalue weighted by Gasteiger charge is 2.09. The summed E-state index contributed by atoms with van der Waals surface area (Å²) >= 11 is 0. The number of anilines is 1. The first-order chi connectivity index (χ1) is 7.19. The SMILES string of the molecule is COCC(=O)N(C)c1ccc(CN)cc1. The molecule has 0 unspecified atom stereocenters. The molecule has 0 bridgehead atoms. The van der Waals surface area contributed by atoms with Crippen LogP contribution in [-0.2, 0) is 16.1 Å². The quantitative estimate of drug-likeness (QED) is 0.794. The fraction of sp³-hybridized carbons (Fsp3) is 0.364. The molecule has 0 aliphatic rings. The van der Waals surface area contributed by atoms with Crippen LogP contribution < -0.4 is 10.6 Å². The van der Waals surface area contributed by atoms with Crippen molar-refractivity contribution in [2.24, 2.45) is 5.73 Å². The Balaban J connectivity index is 2.73. The van der Waals surface area contributed by atoms with Crippen LogP contribution in [0.1, 0.15) is 5.56 Å². The van der Waals surface area contributed by atoms with Crippen molar-refractivity contribution < 1.29 is 9.53 Å². The van der Waals surface area contributed by atoms with Gasteiger partial charge in [0.2, 0.25) is 0 Å². The number of ether oxygens (including phenoxy) is 1. The van der Waals surface area contributed by atoms with Crippen molar-refractivity contribution in [1.29, 1.82) is 0 Å². The highest BCUT2D eigenvalue weighted by atomic mass is 16.5. The van der Waals surface area contributed by atoms with Crippen LogP contribution >= 0.6 is 0 Å². The van der Waals surface area contributed by atoms with Gasteiger partial charge in [0.1, 0.15) is 6.61 Å². The largest absolute Gasteiger partial charge is 0.375 e. The molecule has 4 heteroatoms. The van der Waals surface area contributed by atoms with E-state index in [1.807, 2.05) is 24.3 Å². The number of rotatable bonds is 4. The van der Waals surface area contributed by atoms with Gasteiger partial charge in [-0.3, -0.25) is 4.79 Å². The summed E-state index contributed by atoms with van der Waals surface area (Å²) < 4.78 is 4.78. The molecular formula is C11H16N2O2. The van der Waals surface area contributed by atoms with Crippen molar-refractivity contribution in [3.8, 4) is 0 Å². The lowest BCUT2D eigenvalue weighted by atomic mass is 10.2.